The average molecular weight is 396 g/mol. The molecule has 0 radical (unpaired) electrons. The monoisotopic (exact) mass is 395 g/mol. The highest BCUT2D eigenvalue weighted by Crippen LogP contribution is 2.44. The normalized spacial score (nSPS) is 22.9. The van der Waals surface area contributed by atoms with Crippen LogP contribution in [0.5, 0.6) is 11.5 Å². The molecule has 2 aromatic rings. The molecule has 0 spiro atoms. The molecule has 1 saturated carbocycles. The van der Waals surface area contributed by atoms with Crippen molar-refractivity contribution in [2.45, 2.75) is 44.2 Å². The lowest BCUT2D eigenvalue weighted by Crippen LogP contribution is -2.34. The van der Waals surface area contributed by atoms with E-state index in [4.69, 9.17) is 14.5 Å². The van der Waals surface area contributed by atoms with Gasteiger partial charge in [-0.25, -0.2) is 4.98 Å². The van der Waals surface area contributed by atoms with Crippen LogP contribution >= 0.6 is 0 Å². The fraction of sp³-hybridized carbons (Fsp3) is 0.478. The second-order valence-corrected chi connectivity index (χ2v) is 7.94. The number of rotatable bonds is 5. The molecular formula is C23H29N3O3. The van der Waals surface area contributed by atoms with Crippen LogP contribution in [0.25, 0.3) is 0 Å². The molecule has 2 heterocycles. The Morgan fingerprint density at radius 1 is 1.17 bits per heavy atom. The van der Waals surface area contributed by atoms with Crippen molar-refractivity contribution in [3.63, 3.8) is 0 Å². The molecular weight excluding hydrogens is 366 g/mol. The van der Waals surface area contributed by atoms with Gasteiger partial charge in [0.2, 0.25) is 0 Å². The first-order valence-corrected chi connectivity index (χ1v) is 10.3. The fourth-order valence-corrected chi connectivity index (χ4v) is 4.39. The highest BCUT2D eigenvalue weighted by atomic mass is 16.5. The Bertz CT molecular complexity index is 908. The quantitative estimate of drug-likeness (QED) is 0.840. The van der Waals surface area contributed by atoms with Gasteiger partial charge in [-0.3, -0.25) is 4.99 Å². The van der Waals surface area contributed by atoms with Crippen LogP contribution in [0.3, 0.4) is 0 Å². The van der Waals surface area contributed by atoms with E-state index in [1.165, 1.54) is 5.56 Å². The smallest absolute Gasteiger partial charge is 0.161 e. The zero-order chi connectivity index (χ0) is 20.5. The summed E-state index contributed by atoms with van der Waals surface area (Å²) >= 11 is 0. The summed E-state index contributed by atoms with van der Waals surface area (Å²) < 4.78 is 11.4. The summed E-state index contributed by atoms with van der Waals surface area (Å²) in [5.41, 5.74) is 4.16. The van der Waals surface area contributed by atoms with E-state index in [9.17, 15) is 5.11 Å². The van der Waals surface area contributed by atoms with Gasteiger partial charge in [0.05, 0.1) is 31.6 Å². The Hall–Kier alpha value is -2.60. The molecule has 6 heteroatoms. The topological polar surface area (TPSA) is 67.2 Å². The highest BCUT2D eigenvalue weighted by molar-refractivity contribution is 6.15. The van der Waals surface area contributed by atoms with Crippen molar-refractivity contribution in [3.8, 4) is 11.5 Å². The third kappa shape index (κ3) is 3.69. The van der Waals surface area contributed by atoms with Crippen molar-refractivity contribution in [1.29, 1.82) is 0 Å². The highest BCUT2D eigenvalue weighted by Gasteiger charge is 2.37. The third-order valence-electron chi connectivity index (χ3n) is 5.85. The number of aliphatic hydroxyl groups is 1. The Morgan fingerprint density at radius 3 is 2.66 bits per heavy atom. The lowest BCUT2D eigenvalue weighted by atomic mass is 9.74. The van der Waals surface area contributed by atoms with Crippen LogP contribution in [0.2, 0.25) is 0 Å². The van der Waals surface area contributed by atoms with Crippen molar-refractivity contribution in [2.75, 3.05) is 32.7 Å². The van der Waals surface area contributed by atoms with Gasteiger partial charge < -0.3 is 19.5 Å². The molecule has 6 nitrogen and oxygen atoms in total. The van der Waals surface area contributed by atoms with Gasteiger partial charge in [0, 0.05) is 37.3 Å². The molecule has 1 aromatic carbocycles. The number of pyridine rings is 1. The van der Waals surface area contributed by atoms with Crippen molar-refractivity contribution in [3.05, 3.63) is 47.2 Å². The molecule has 1 fully saturated rings. The first-order valence-electron chi connectivity index (χ1n) is 10.3. The van der Waals surface area contributed by atoms with Crippen molar-refractivity contribution < 1.29 is 14.6 Å². The van der Waals surface area contributed by atoms with Crippen LogP contribution in [0.4, 0.5) is 5.82 Å². The first kappa shape index (κ1) is 19.7. The second kappa shape index (κ2) is 8.03. The zero-order valence-electron chi connectivity index (χ0n) is 17.6. The van der Waals surface area contributed by atoms with Gasteiger partial charge in [-0.15, -0.1) is 0 Å². The number of fused-ring (bicyclic) bond motifs is 3. The predicted octanol–water partition coefficient (Wildman–Crippen LogP) is 3.40. The molecule has 3 unspecified atom stereocenters. The molecule has 29 heavy (non-hydrogen) atoms. The van der Waals surface area contributed by atoms with Crippen LogP contribution in [0.1, 0.15) is 48.8 Å². The molecule has 154 valence electrons. The van der Waals surface area contributed by atoms with Gasteiger partial charge in [-0.1, -0.05) is 0 Å². The summed E-state index contributed by atoms with van der Waals surface area (Å²) in [6.45, 7) is 2.54. The van der Waals surface area contributed by atoms with Crippen molar-refractivity contribution in [1.82, 2.24) is 4.98 Å². The molecule has 0 amide bonds. The van der Waals surface area contributed by atoms with E-state index >= 15 is 0 Å². The summed E-state index contributed by atoms with van der Waals surface area (Å²) in [5.74, 6) is 2.55. The van der Waals surface area contributed by atoms with Crippen LogP contribution in [-0.2, 0) is 0 Å². The van der Waals surface area contributed by atoms with Crippen LogP contribution in [-0.4, -0.2) is 55.8 Å². The number of hydrogen-bond acceptors (Lipinski definition) is 6. The summed E-state index contributed by atoms with van der Waals surface area (Å²) in [4.78, 5) is 11.7. The largest absolute Gasteiger partial charge is 0.493 e. The number of methoxy groups -OCH3 is 1. The number of aliphatic hydroxyl groups excluding tert-OH is 1. The van der Waals surface area contributed by atoms with Gasteiger partial charge in [0.1, 0.15) is 5.82 Å². The number of hydrogen-bond donors (Lipinski definition) is 1. The van der Waals surface area contributed by atoms with E-state index < -0.39 is 0 Å². The van der Waals surface area contributed by atoms with Gasteiger partial charge in [0.15, 0.2) is 11.5 Å². The lowest BCUT2D eigenvalue weighted by molar-refractivity contribution is 0.111. The second-order valence-electron chi connectivity index (χ2n) is 7.94. The summed E-state index contributed by atoms with van der Waals surface area (Å²) in [5, 5.41) is 10.3. The number of anilines is 1. The number of ether oxygens (including phenoxy) is 2. The molecule has 1 aliphatic heterocycles. The SMILES string of the molecule is CCOc1cc2c(cc1OC)C(c1ccc(N(C)C)nc1)=NC1CCC(O)CC21. The summed E-state index contributed by atoms with van der Waals surface area (Å²) in [6, 6.07) is 8.36. The third-order valence-corrected chi connectivity index (χ3v) is 5.85. The summed E-state index contributed by atoms with van der Waals surface area (Å²) in [6.07, 6.45) is 4.01. The minimum Gasteiger partial charge on any atom is -0.493 e. The average Bonchev–Trinajstić information content (AvgIpc) is 2.73. The van der Waals surface area contributed by atoms with E-state index in [2.05, 4.69) is 17.1 Å². The lowest BCUT2D eigenvalue weighted by Gasteiger charge is -2.37. The van der Waals surface area contributed by atoms with E-state index in [0.29, 0.717) is 12.4 Å². The molecule has 4 rings (SSSR count). The van der Waals surface area contributed by atoms with E-state index in [-0.39, 0.29) is 18.1 Å². The molecule has 2 aliphatic rings. The predicted molar refractivity (Wildman–Crippen MR) is 115 cm³/mol. The molecule has 1 aromatic heterocycles. The number of aliphatic imine (C=N–C) groups is 1. The maximum absolute atomic E-state index is 10.3. The summed E-state index contributed by atoms with van der Waals surface area (Å²) in [7, 11) is 5.62. The Balaban J connectivity index is 1.84. The van der Waals surface area contributed by atoms with Crippen molar-refractivity contribution >= 4 is 11.5 Å². The minimum atomic E-state index is -0.278. The van der Waals surface area contributed by atoms with Gasteiger partial charge in [-0.2, -0.15) is 0 Å². The van der Waals surface area contributed by atoms with Crippen LogP contribution in [0.15, 0.2) is 35.5 Å². The Labute approximate surface area is 172 Å². The molecule has 0 bridgehead atoms. The number of benzene rings is 1. The Morgan fingerprint density at radius 2 is 2.00 bits per heavy atom. The maximum Gasteiger partial charge on any atom is 0.161 e. The van der Waals surface area contributed by atoms with Crippen LogP contribution in [0, 0.1) is 0 Å². The standard InChI is InChI=1S/C23H29N3O3/c1-5-29-21-11-16-17-10-15(27)7-8-19(17)25-23(18(16)12-20(21)28-4)14-6-9-22(24-13-14)26(2)3/h6,9,11-13,15,17,19,27H,5,7-8,10H2,1-4H3. The van der Waals surface area contributed by atoms with Gasteiger partial charge in [0.25, 0.3) is 0 Å². The van der Waals surface area contributed by atoms with Gasteiger partial charge in [-0.05, 0) is 56.0 Å². The first-order chi connectivity index (χ1) is 14.0. The molecule has 3 atom stereocenters. The molecule has 0 saturated heterocycles. The van der Waals surface area contributed by atoms with Gasteiger partial charge >= 0.3 is 0 Å². The van der Waals surface area contributed by atoms with E-state index in [1.54, 1.807) is 7.11 Å². The fourth-order valence-electron chi connectivity index (χ4n) is 4.39. The number of nitrogens with zero attached hydrogens (tertiary/aromatic N) is 3. The van der Waals surface area contributed by atoms with Crippen LogP contribution < -0.4 is 14.4 Å². The van der Waals surface area contributed by atoms with Crippen molar-refractivity contribution in [2.24, 2.45) is 4.99 Å². The molecule has 1 N–H and O–H groups in total. The van der Waals surface area contributed by atoms with E-state index in [0.717, 1.165) is 47.7 Å². The Kier molecular flexibility index (Phi) is 5.46. The van der Waals surface area contributed by atoms with E-state index in [1.807, 2.05) is 44.2 Å². The number of aromatic nitrogens is 1. The maximum atomic E-state index is 10.3. The minimum absolute atomic E-state index is 0.164. The zero-order valence-corrected chi connectivity index (χ0v) is 17.6. The molecule has 1 aliphatic carbocycles.